The van der Waals surface area contributed by atoms with Crippen molar-refractivity contribution in [2.24, 2.45) is 0 Å². The number of rotatable bonds is 9. The van der Waals surface area contributed by atoms with Crippen LogP contribution in [-0.2, 0) is 23.7 Å². The van der Waals surface area contributed by atoms with E-state index in [2.05, 4.69) is 13.2 Å². The Morgan fingerprint density at radius 3 is 2.28 bits per heavy atom. The molecule has 0 saturated heterocycles. The zero-order chi connectivity index (χ0) is 14.1. The summed E-state index contributed by atoms with van der Waals surface area (Å²) in [6.07, 6.45) is 0.372. The lowest BCUT2D eigenvalue weighted by Crippen LogP contribution is -2.26. The first-order valence-corrected chi connectivity index (χ1v) is 5.81. The van der Waals surface area contributed by atoms with E-state index in [1.165, 1.54) is 6.26 Å². The van der Waals surface area contributed by atoms with Gasteiger partial charge in [0.05, 0.1) is 18.5 Å². The molecule has 0 saturated carbocycles. The molecule has 0 aliphatic carbocycles. The third kappa shape index (κ3) is 7.73. The summed E-state index contributed by atoms with van der Waals surface area (Å²) in [6.45, 7) is 14.2. The second-order valence-electron chi connectivity index (χ2n) is 4.11. The quantitative estimate of drug-likeness (QED) is 0.275. The Labute approximate surface area is 108 Å². The van der Waals surface area contributed by atoms with Gasteiger partial charge in [-0.1, -0.05) is 6.58 Å². The molecule has 0 radical (unpaired) electrons. The first kappa shape index (κ1) is 16.5. The van der Waals surface area contributed by atoms with Crippen LogP contribution in [0.3, 0.4) is 0 Å². The molecule has 5 nitrogen and oxygen atoms in total. The van der Waals surface area contributed by atoms with Gasteiger partial charge in [-0.15, -0.1) is 0 Å². The van der Waals surface area contributed by atoms with Crippen molar-refractivity contribution in [3.05, 3.63) is 25.2 Å². The molecule has 0 aromatic rings. The van der Waals surface area contributed by atoms with Crippen LogP contribution < -0.4 is 0 Å². The molecular formula is C13H22O5. The van der Waals surface area contributed by atoms with E-state index < -0.39 is 12.3 Å². The van der Waals surface area contributed by atoms with E-state index >= 15 is 0 Å². The maximum atomic E-state index is 11.4. The predicted octanol–water partition coefficient (Wildman–Crippen LogP) is 2.38. The zero-order valence-corrected chi connectivity index (χ0v) is 11.5. The molecule has 0 bridgehead atoms. The molecule has 0 amide bonds. The van der Waals surface area contributed by atoms with E-state index in [0.717, 1.165) is 0 Å². The van der Waals surface area contributed by atoms with Gasteiger partial charge in [-0.05, 0) is 34.3 Å². The predicted molar refractivity (Wildman–Crippen MR) is 67.6 cm³/mol. The molecule has 0 aromatic carbocycles. The minimum Gasteiger partial charge on any atom is -0.480 e. The zero-order valence-electron chi connectivity index (χ0n) is 11.5. The van der Waals surface area contributed by atoms with Crippen LogP contribution in [0.2, 0.25) is 0 Å². The van der Waals surface area contributed by atoms with Crippen molar-refractivity contribution in [1.29, 1.82) is 0 Å². The molecule has 0 rings (SSSR count). The lowest BCUT2D eigenvalue weighted by atomic mass is 10.4. The molecule has 1 atom stereocenters. The SMILES string of the molecule is C=COC(COC(=C)C(=O)OC(C)C)OC(C)C. The van der Waals surface area contributed by atoms with Gasteiger partial charge in [-0.25, -0.2) is 4.79 Å². The number of carbonyl (C=O) groups excluding carboxylic acids is 1. The largest absolute Gasteiger partial charge is 0.480 e. The van der Waals surface area contributed by atoms with Crippen molar-refractivity contribution in [1.82, 2.24) is 0 Å². The minimum absolute atomic E-state index is 0.0329. The summed E-state index contributed by atoms with van der Waals surface area (Å²) in [6, 6.07) is 0. The van der Waals surface area contributed by atoms with Gasteiger partial charge in [0, 0.05) is 0 Å². The van der Waals surface area contributed by atoms with Gasteiger partial charge in [0.1, 0.15) is 0 Å². The summed E-state index contributed by atoms with van der Waals surface area (Å²) in [5.41, 5.74) is 0. The summed E-state index contributed by atoms with van der Waals surface area (Å²) < 4.78 is 20.6. The Morgan fingerprint density at radius 1 is 1.22 bits per heavy atom. The molecule has 1 unspecified atom stereocenters. The van der Waals surface area contributed by atoms with Gasteiger partial charge in [0.15, 0.2) is 12.4 Å². The van der Waals surface area contributed by atoms with Crippen LogP contribution in [0.1, 0.15) is 27.7 Å². The van der Waals surface area contributed by atoms with E-state index in [-0.39, 0.29) is 24.6 Å². The van der Waals surface area contributed by atoms with E-state index in [4.69, 9.17) is 18.9 Å². The molecular weight excluding hydrogens is 236 g/mol. The average Bonchev–Trinajstić information content (AvgIpc) is 2.24. The lowest BCUT2D eigenvalue weighted by molar-refractivity contribution is -0.163. The first-order valence-electron chi connectivity index (χ1n) is 5.81. The fourth-order valence-corrected chi connectivity index (χ4v) is 1.03. The van der Waals surface area contributed by atoms with Crippen LogP contribution in [0.25, 0.3) is 0 Å². The van der Waals surface area contributed by atoms with Crippen LogP contribution in [0.15, 0.2) is 25.2 Å². The summed E-state index contributed by atoms with van der Waals surface area (Å²) in [5.74, 6) is -0.666. The number of hydrogen-bond acceptors (Lipinski definition) is 5. The molecule has 0 spiro atoms. The third-order valence-corrected chi connectivity index (χ3v) is 1.64. The molecule has 0 aromatic heterocycles. The maximum absolute atomic E-state index is 11.4. The maximum Gasteiger partial charge on any atom is 0.373 e. The van der Waals surface area contributed by atoms with E-state index in [1.807, 2.05) is 13.8 Å². The number of hydrogen-bond donors (Lipinski definition) is 0. The van der Waals surface area contributed by atoms with Gasteiger partial charge in [0.25, 0.3) is 0 Å². The van der Waals surface area contributed by atoms with Gasteiger partial charge in [-0.2, -0.15) is 0 Å². The molecule has 0 fully saturated rings. The first-order chi connectivity index (χ1) is 8.36. The molecule has 5 heteroatoms. The molecule has 104 valence electrons. The monoisotopic (exact) mass is 258 g/mol. The Balaban J connectivity index is 4.13. The van der Waals surface area contributed by atoms with Crippen LogP contribution in [-0.4, -0.2) is 31.1 Å². The van der Waals surface area contributed by atoms with Crippen molar-refractivity contribution >= 4 is 5.97 Å². The van der Waals surface area contributed by atoms with Crippen LogP contribution in [0.4, 0.5) is 0 Å². The summed E-state index contributed by atoms with van der Waals surface area (Å²) in [5, 5.41) is 0. The fraction of sp³-hybridized carbons (Fsp3) is 0.615. The second kappa shape index (κ2) is 8.58. The molecule has 0 aliphatic rings. The smallest absolute Gasteiger partial charge is 0.373 e. The Morgan fingerprint density at radius 2 is 1.83 bits per heavy atom. The minimum atomic E-state index is -0.633. The van der Waals surface area contributed by atoms with Gasteiger partial charge >= 0.3 is 5.97 Å². The molecule has 0 heterocycles. The summed E-state index contributed by atoms with van der Waals surface area (Å²) in [7, 11) is 0. The highest BCUT2D eigenvalue weighted by Crippen LogP contribution is 2.06. The van der Waals surface area contributed by atoms with E-state index in [1.54, 1.807) is 13.8 Å². The standard InChI is InChI=1S/C13H22O5/c1-7-15-12(17-9(2)3)8-16-11(6)13(14)18-10(4)5/h7,9-10,12H,1,6,8H2,2-5H3. The van der Waals surface area contributed by atoms with Gasteiger partial charge < -0.3 is 18.9 Å². The Hall–Kier alpha value is -1.49. The second-order valence-corrected chi connectivity index (χ2v) is 4.11. The normalized spacial score (nSPS) is 12.1. The average molecular weight is 258 g/mol. The van der Waals surface area contributed by atoms with Gasteiger partial charge in [0.2, 0.25) is 6.29 Å². The number of ether oxygens (including phenoxy) is 4. The Bertz CT molecular complexity index is 283. The van der Waals surface area contributed by atoms with Crippen LogP contribution in [0, 0.1) is 0 Å². The van der Waals surface area contributed by atoms with E-state index in [0.29, 0.717) is 0 Å². The Kier molecular flexibility index (Phi) is 7.87. The van der Waals surface area contributed by atoms with E-state index in [9.17, 15) is 4.79 Å². The highest BCUT2D eigenvalue weighted by atomic mass is 16.7. The molecule has 0 aliphatic heterocycles. The lowest BCUT2D eigenvalue weighted by Gasteiger charge is -2.20. The van der Waals surface area contributed by atoms with Crippen LogP contribution >= 0.6 is 0 Å². The highest BCUT2D eigenvalue weighted by Gasteiger charge is 2.16. The van der Waals surface area contributed by atoms with Crippen molar-refractivity contribution in [3.63, 3.8) is 0 Å². The number of esters is 1. The molecule has 0 N–H and O–H groups in total. The summed E-state index contributed by atoms with van der Waals surface area (Å²) >= 11 is 0. The topological polar surface area (TPSA) is 54.0 Å². The number of carbonyl (C=O) groups is 1. The highest BCUT2D eigenvalue weighted by molar-refractivity contribution is 5.85. The third-order valence-electron chi connectivity index (χ3n) is 1.64. The van der Waals surface area contributed by atoms with Crippen LogP contribution in [0.5, 0.6) is 0 Å². The molecule has 18 heavy (non-hydrogen) atoms. The van der Waals surface area contributed by atoms with Crippen molar-refractivity contribution < 1.29 is 23.7 Å². The van der Waals surface area contributed by atoms with Crippen molar-refractivity contribution in [2.45, 2.75) is 46.2 Å². The summed E-state index contributed by atoms with van der Waals surface area (Å²) in [4.78, 5) is 11.4. The van der Waals surface area contributed by atoms with Crippen molar-refractivity contribution in [2.75, 3.05) is 6.61 Å². The van der Waals surface area contributed by atoms with Crippen molar-refractivity contribution in [3.8, 4) is 0 Å². The fourth-order valence-electron chi connectivity index (χ4n) is 1.03. The van der Waals surface area contributed by atoms with Gasteiger partial charge in [-0.3, -0.25) is 0 Å².